The lowest BCUT2D eigenvalue weighted by atomic mass is 10.2. The number of hydrogen-bond acceptors (Lipinski definition) is 3. The molecule has 6 heteroatoms. The third kappa shape index (κ3) is 5.90. The molecule has 0 radical (unpaired) electrons. The van der Waals surface area contributed by atoms with E-state index in [0.29, 0.717) is 23.2 Å². The Morgan fingerprint density at radius 3 is 2.52 bits per heavy atom. The third-order valence-electron chi connectivity index (χ3n) is 3.78. The maximum Gasteiger partial charge on any atom is 0.120 e. The summed E-state index contributed by atoms with van der Waals surface area (Å²) in [4.78, 5) is 0. The number of nitrogens with one attached hydrogen (secondary N) is 1. The van der Waals surface area contributed by atoms with E-state index < -0.39 is 0 Å². The van der Waals surface area contributed by atoms with Crippen molar-refractivity contribution in [1.82, 2.24) is 5.43 Å². The molecule has 3 aromatic rings. The van der Waals surface area contributed by atoms with Gasteiger partial charge in [-0.15, -0.1) is 0 Å². The highest BCUT2D eigenvalue weighted by atomic mass is 35.5. The lowest BCUT2D eigenvalue weighted by Crippen LogP contribution is -2.06. The van der Waals surface area contributed by atoms with Crippen molar-refractivity contribution >= 4 is 41.0 Å². The van der Waals surface area contributed by atoms with E-state index >= 15 is 0 Å². The predicted octanol–water partition coefficient (Wildman–Crippen LogP) is 6.35. The van der Waals surface area contributed by atoms with Crippen molar-refractivity contribution in [1.29, 1.82) is 0 Å². The van der Waals surface area contributed by atoms with E-state index in [1.54, 1.807) is 18.3 Å². The molecule has 0 aliphatic rings. The Morgan fingerprint density at radius 2 is 1.70 bits per heavy atom. The molecule has 0 aromatic heterocycles. The van der Waals surface area contributed by atoms with Crippen LogP contribution in [-0.2, 0) is 13.2 Å². The predicted molar refractivity (Wildman–Crippen MR) is 113 cm³/mol. The summed E-state index contributed by atoms with van der Waals surface area (Å²) >= 11 is 18.1. The Bertz CT molecular complexity index is 944. The number of nitrogens with zero attached hydrogens (tertiary/aromatic N) is 1. The minimum Gasteiger partial charge on any atom is -0.489 e. The minimum absolute atomic E-state index is 0.405. The Labute approximate surface area is 173 Å². The summed E-state index contributed by atoms with van der Waals surface area (Å²) in [7, 11) is 0. The third-order valence-corrected chi connectivity index (χ3v) is 4.89. The van der Waals surface area contributed by atoms with Crippen LogP contribution in [-0.4, -0.2) is 6.21 Å². The van der Waals surface area contributed by atoms with Gasteiger partial charge < -0.3 is 10.2 Å². The van der Waals surface area contributed by atoms with Crippen LogP contribution in [0.5, 0.6) is 5.75 Å². The van der Waals surface area contributed by atoms with E-state index in [4.69, 9.17) is 39.5 Å². The van der Waals surface area contributed by atoms with Crippen LogP contribution in [0, 0.1) is 0 Å². The topological polar surface area (TPSA) is 33.6 Å². The van der Waals surface area contributed by atoms with Crippen molar-refractivity contribution in [2.24, 2.45) is 5.10 Å². The summed E-state index contributed by atoms with van der Waals surface area (Å²) in [6, 6.07) is 20.8. The monoisotopic (exact) mass is 418 g/mol. The van der Waals surface area contributed by atoms with Crippen molar-refractivity contribution in [3.63, 3.8) is 0 Å². The van der Waals surface area contributed by atoms with Gasteiger partial charge in [0.1, 0.15) is 12.4 Å². The van der Waals surface area contributed by atoms with Crippen LogP contribution in [0.25, 0.3) is 0 Å². The molecular weight excluding hydrogens is 403 g/mol. The molecule has 0 saturated carbocycles. The summed E-state index contributed by atoms with van der Waals surface area (Å²) in [6.45, 7) is 0.964. The highest BCUT2D eigenvalue weighted by molar-refractivity contribution is 6.42. The Balaban J connectivity index is 1.55. The first-order chi connectivity index (χ1) is 13.1. The molecule has 0 bridgehead atoms. The van der Waals surface area contributed by atoms with Gasteiger partial charge in [-0.1, -0.05) is 71.2 Å². The lowest BCUT2D eigenvalue weighted by molar-refractivity contribution is 0.306. The quantitative estimate of drug-likeness (QED) is 0.357. The number of ether oxygens (including phenoxy) is 1. The normalized spacial score (nSPS) is 10.9. The highest BCUT2D eigenvalue weighted by Gasteiger charge is 2.01. The van der Waals surface area contributed by atoms with Crippen molar-refractivity contribution in [2.45, 2.75) is 13.2 Å². The number of benzene rings is 3. The highest BCUT2D eigenvalue weighted by Crippen LogP contribution is 2.23. The minimum atomic E-state index is 0.405. The average molecular weight is 420 g/mol. The van der Waals surface area contributed by atoms with Gasteiger partial charge in [0.05, 0.1) is 22.8 Å². The van der Waals surface area contributed by atoms with Gasteiger partial charge in [0.2, 0.25) is 0 Å². The molecule has 27 heavy (non-hydrogen) atoms. The van der Waals surface area contributed by atoms with Crippen LogP contribution in [0.3, 0.4) is 0 Å². The fraction of sp³-hybridized carbons (Fsp3) is 0.0952. The molecule has 138 valence electrons. The molecule has 3 nitrogen and oxygen atoms in total. The molecular formula is C21H17Cl3N2O. The first kappa shape index (κ1) is 19.6. The second-order valence-electron chi connectivity index (χ2n) is 5.79. The zero-order chi connectivity index (χ0) is 19.1. The van der Waals surface area contributed by atoms with Crippen LogP contribution < -0.4 is 10.2 Å². The van der Waals surface area contributed by atoms with Crippen molar-refractivity contribution < 1.29 is 4.74 Å². The zero-order valence-corrected chi connectivity index (χ0v) is 16.6. The van der Waals surface area contributed by atoms with Gasteiger partial charge in [0, 0.05) is 5.02 Å². The molecule has 3 rings (SSSR count). The number of hydrogen-bond donors (Lipinski definition) is 1. The van der Waals surface area contributed by atoms with Crippen molar-refractivity contribution in [3.8, 4) is 5.75 Å². The molecule has 0 saturated heterocycles. The number of rotatable bonds is 7. The standard InChI is InChI=1S/C21H17Cl3N2O/c22-19-7-2-1-5-17(19)13-26-25-12-15-4-3-6-18(10-15)27-14-16-8-9-20(23)21(24)11-16/h1-12,26H,13-14H2/b25-12-. The second-order valence-corrected chi connectivity index (χ2v) is 7.02. The summed E-state index contributed by atoms with van der Waals surface area (Å²) in [5, 5.41) is 6.01. The van der Waals surface area contributed by atoms with Crippen molar-refractivity contribution in [2.75, 3.05) is 0 Å². The van der Waals surface area contributed by atoms with Gasteiger partial charge in [-0.3, -0.25) is 0 Å². The van der Waals surface area contributed by atoms with E-state index in [9.17, 15) is 0 Å². The van der Waals surface area contributed by atoms with E-state index in [2.05, 4.69) is 10.5 Å². The van der Waals surface area contributed by atoms with E-state index in [1.807, 2.05) is 54.6 Å². The maximum absolute atomic E-state index is 6.12. The smallest absolute Gasteiger partial charge is 0.120 e. The molecule has 0 amide bonds. The molecule has 0 fully saturated rings. The van der Waals surface area contributed by atoms with Crippen LogP contribution in [0.4, 0.5) is 0 Å². The van der Waals surface area contributed by atoms with Gasteiger partial charge >= 0.3 is 0 Å². The largest absolute Gasteiger partial charge is 0.489 e. The molecule has 1 N–H and O–H groups in total. The molecule has 0 heterocycles. The van der Waals surface area contributed by atoms with Crippen LogP contribution in [0.1, 0.15) is 16.7 Å². The molecule has 3 aromatic carbocycles. The van der Waals surface area contributed by atoms with Crippen molar-refractivity contribution in [3.05, 3.63) is 98.5 Å². The fourth-order valence-electron chi connectivity index (χ4n) is 2.37. The summed E-state index contributed by atoms with van der Waals surface area (Å²) in [6.07, 6.45) is 1.74. The Hall–Kier alpha value is -2.20. The SMILES string of the molecule is Clc1ccc(COc2cccc(/C=N\NCc3ccccc3Cl)c2)cc1Cl. The summed E-state index contributed by atoms with van der Waals surface area (Å²) in [5.41, 5.74) is 5.87. The average Bonchev–Trinajstić information content (AvgIpc) is 2.68. The zero-order valence-electron chi connectivity index (χ0n) is 14.3. The summed E-state index contributed by atoms with van der Waals surface area (Å²) < 4.78 is 5.82. The molecule has 0 atom stereocenters. The van der Waals surface area contributed by atoms with E-state index in [1.165, 1.54) is 0 Å². The molecule has 0 spiro atoms. The van der Waals surface area contributed by atoms with Gasteiger partial charge in [-0.05, 0) is 47.0 Å². The number of halogens is 3. The van der Waals surface area contributed by atoms with Gasteiger partial charge in [-0.2, -0.15) is 5.10 Å². The number of hydrazone groups is 1. The summed E-state index contributed by atoms with van der Waals surface area (Å²) in [5.74, 6) is 0.746. The fourth-order valence-corrected chi connectivity index (χ4v) is 2.90. The first-order valence-electron chi connectivity index (χ1n) is 8.28. The van der Waals surface area contributed by atoms with Crippen LogP contribution in [0.2, 0.25) is 15.1 Å². The van der Waals surface area contributed by atoms with Gasteiger partial charge in [0.25, 0.3) is 0 Å². The molecule has 0 aliphatic carbocycles. The maximum atomic E-state index is 6.12. The van der Waals surface area contributed by atoms with Gasteiger partial charge in [0.15, 0.2) is 0 Å². The second kappa shape index (κ2) is 9.65. The Kier molecular flexibility index (Phi) is 6.99. The van der Waals surface area contributed by atoms with Gasteiger partial charge in [-0.25, -0.2) is 0 Å². The van der Waals surface area contributed by atoms with E-state index in [-0.39, 0.29) is 0 Å². The van der Waals surface area contributed by atoms with E-state index in [0.717, 1.165) is 27.5 Å². The molecule has 0 unspecified atom stereocenters. The Morgan fingerprint density at radius 1 is 0.852 bits per heavy atom. The lowest BCUT2D eigenvalue weighted by Gasteiger charge is -2.08. The first-order valence-corrected chi connectivity index (χ1v) is 9.41. The van der Waals surface area contributed by atoms with Crippen LogP contribution in [0.15, 0.2) is 71.8 Å². The van der Waals surface area contributed by atoms with Crippen LogP contribution >= 0.6 is 34.8 Å². The molecule has 0 aliphatic heterocycles.